The van der Waals surface area contributed by atoms with Crippen LogP contribution in [0, 0.1) is 19.7 Å². The molecule has 1 aromatic rings. The fraction of sp³-hybridized carbons (Fsp3) is 0.500. The average molecular weight is 290 g/mol. The summed E-state index contributed by atoms with van der Waals surface area (Å²) in [5.74, 6) is -0.612. The lowest BCUT2D eigenvalue weighted by molar-refractivity contribution is 0.180. The highest BCUT2D eigenvalue weighted by atomic mass is 32.2. The molecule has 0 fully saturated rings. The van der Waals surface area contributed by atoms with Crippen molar-refractivity contribution in [1.29, 1.82) is 0 Å². The van der Waals surface area contributed by atoms with Crippen LogP contribution in [0.4, 0.5) is 10.1 Å². The first-order chi connectivity index (χ1) is 8.70. The first kappa shape index (κ1) is 15.9. The van der Waals surface area contributed by atoms with Gasteiger partial charge in [0.25, 0.3) is 0 Å². The number of nitrogens with one attached hydrogen (secondary N) is 1. The maximum Gasteiger partial charge on any atom is 0.241 e. The zero-order valence-corrected chi connectivity index (χ0v) is 12.3. The van der Waals surface area contributed by atoms with E-state index in [1.165, 1.54) is 21.0 Å². The smallest absolute Gasteiger partial charge is 0.241 e. The normalized spacial score (nSPS) is 13.5. The number of nitrogens with two attached hydrogens (primary N) is 1. The van der Waals surface area contributed by atoms with Crippen LogP contribution >= 0.6 is 0 Å². The molecule has 0 aliphatic rings. The molecule has 0 heterocycles. The molecule has 0 spiro atoms. The highest BCUT2D eigenvalue weighted by Gasteiger charge is 2.24. The first-order valence-corrected chi connectivity index (χ1v) is 7.25. The summed E-state index contributed by atoms with van der Waals surface area (Å²) in [6.07, 6.45) is 0. The lowest BCUT2D eigenvalue weighted by Gasteiger charge is -2.17. The van der Waals surface area contributed by atoms with E-state index in [0.29, 0.717) is 5.56 Å². The van der Waals surface area contributed by atoms with Crippen LogP contribution in [0.15, 0.2) is 11.0 Å². The SMILES string of the molecule is COCC(C)NS(=O)(=O)c1c(C)cc(F)c(N)c1C. The van der Waals surface area contributed by atoms with Gasteiger partial charge < -0.3 is 10.5 Å². The number of rotatable bonds is 5. The summed E-state index contributed by atoms with van der Waals surface area (Å²) in [5.41, 5.74) is 5.94. The fourth-order valence-corrected chi connectivity index (χ4v) is 3.66. The Balaban J connectivity index is 3.26. The molecule has 0 saturated heterocycles. The molecular formula is C12H19FN2O3S. The van der Waals surface area contributed by atoms with E-state index in [4.69, 9.17) is 10.5 Å². The van der Waals surface area contributed by atoms with E-state index >= 15 is 0 Å². The van der Waals surface area contributed by atoms with Crippen molar-refractivity contribution < 1.29 is 17.5 Å². The van der Waals surface area contributed by atoms with E-state index in [-0.39, 0.29) is 28.8 Å². The summed E-state index contributed by atoms with van der Waals surface area (Å²) in [6, 6.07) is 0.734. The summed E-state index contributed by atoms with van der Waals surface area (Å²) in [7, 11) is -2.28. The van der Waals surface area contributed by atoms with Gasteiger partial charge in [-0.2, -0.15) is 0 Å². The number of methoxy groups -OCH3 is 1. The van der Waals surface area contributed by atoms with E-state index in [2.05, 4.69) is 4.72 Å². The van der Waals surface area contributed by atoms with Gasteiger partial charge in [0.05, 0.1) is 17.2 Å². The molecule has 0 aromatic heterocycles. The largest absolute Gasteiger partial charge is 0.396 e. The second-order valence-electron chi connectivity index (χ2n) is 4.52. The molecule has 5 nitrogen and oxygen atoms in total. The van der Waals surface area contributed by atoms with E-state index in [0.717, 1.165) is 6.07 Å². The number of ether oxygens (including phenoxy) is 1. The Labute approximate surface area is 113 Å². The van der Waals surface area contributed by atoms with Gasteiger partial charge in [0.15, 0.2) is 0 Å². The van der Waals surface area contributed by atoms with Crippen LogP contribution in [0.25, 0.3) is 0 Å². The number of nitrogen functional groups attached to an aromatic ring is 1. The molecule has 108 valence electrons. The van der Waals surface area contributed by atoms with E-state index < -0.39 is 15.8 Å². The third-order valence-corrected chi connectivity index (χ3v) is 4.62. The Morgan fingerprint density at radius 2 is 2.05 bits per heavy atom. The minimum Gasteiger partial charge on any atom is -0.396 e. The average Bonchev–Trinajstić information content (AvgIpc) is 2.24. The third-order valence-electron chi connectivity index (χ3n) is 2.75. The number of sulfonamides is 1. The molecule has 0 bridgehead atoms. The Hall–Kier alpha value is -1.18. The second-order valence-corrected chi connectivity index (χ2v) is 6.17. The van der Waals surface area contributed by atoms with Crippen LogP contribution in [0.5, 0.6) is 0 Å². The standard InChI is InChI=1S/C12H19FN2O3S/c1-7-5-10(13)11(14)9(3)12(7)19(16,17)15-8(2)6-18-4/h5,8,15H,6,14H2,1-4H3. The van der Waals surface area contributed by atoms with Gasteiger partial charge in [0, 0.05) is 13.2 Å². The quantitative estimate of drug-likeness (QED) is 0.802. The molecule has 0 aliphatic heterocycles. The zero-order valence-electron chi connectivity index (χ0n) is 11.5. The van der Waals surface area contributed by atoms with Crippen LogP contribution in [-0.2, 0) is 14.8 Å². The highest BCUT2D eigenvalue weighted by Crippen LogP contribution is 2.27. The number of aryl methyl sites for hydroxylation is 1. The molecule has 1 atom stereocenters. The molecular weight excluding hydrogens is 271 g/mol. The third kappa shape index (κ3) is 3.43. The molecule has 0 amide bonds. The Bertz CT molecular complexity index is 573. The Morgan fingerprint density at radius 3 is 2.58 bits per heavy atom. The van der Waals surface area contributed by atoms with E-state index in [1.54, 1.807) is 6.92 Å². The van der Waals surface area contributed by atoms with Gasteiger partial charge in [-0.25, -0.2) is 17.5 Å². The van der Waals surface area contributed by atoms with Gasteiger partial charge in [-0.3, -0.25) is 0 Å². The molecule has 0 saturated carbocycles. The number of hydrogen-bond acceptors (Lipinski definition) is 4. The van der Waals surface area contributed by atoms with Crippen LogP contribution < -0.4 is 10.5 Å². The van der Waals surface area contributed by atoms with Crippen molar-refractivity contribution >= 4 is 15.7 Å². The molecule has 19 heavy (non-hydrogen) atoms. The van der Waals surface area contributed by atoms with Crippen molar-refractivity contribution in [2.45, 2.75) is 31.7 Å². The van der Waals surface area contributed by atoms with Crippen molar-refractivity contribution in [2.24, 2.45) is 0 Å². The molecule has 1 aromatic carbocycles. The molecule has 1 unspecified atom stereocenters. The summed E-state index contributed by atoms with van der Waals surface area (Å²) in [6.45, 7) is 4.94. The van der Waals surface area contributed by atoms with Gasteiger partial charge in [0.2, 0.25) is 10.0 Å². The lowest BCUT2D eigenvalue weighted by atomic mass is 10.1. The van der Waals surface area contributed by atoms with Crippen molar-refractivity contribution in [3.05, 3.63) is 23.0 Å². The number of halogens is 1. The lowest BCUT2D eigenvalue weighted by Crippen LogP contribution is -2.36. The predicted octanol–water partition coefficient (Wildman–Crippen LogP) is 1.34. The predicted molar refractivity (Wildman–Crippen MR) is 71.9 cm³/mol. The minimum atomic E-state index is -3.76. The number of hydrogen-bond donors (Lipinski definition) is 2. The summed E-state index contributed by atoms with van der Waals surface area (Å²) < 4.78 is 45.3. The van der Waals surface area contributed by atoms with Gasteiger partial charge >= 0.3 is 0 Å². The summed E-state index contributed by atoms with van der Waals surface area (Å²) in [4.78, 5) is 0.0225. The second kappa shape index (κ2) is 5.85. The van der Waals surface area contributed by atoms with E-state index in [1.807, 2.05) is 0 Å². The van der Waals surface area contributed by atoms with Gasteiger partial charge in [-0.15, -0.1) is 0 Å². The summed E-state index contributed by atoms with van der Waals surface area (Å²) >= 11 is 0. The van der Waals surface area contributed by atoms with Crippen molar-refractivity contribution in [3.63, 3.8) is 0 Å². The van der Waals surface area contributed by atoms with Crippen LogP contribution in [0.2, 0.25) is 0 Å². The van der Waals surface area contributed by atoms with Crippen LogP contribution in [0.1, 0.15) is 18.1 Å². The van der Waals surface area contributed by atoms with Crippen LogP contribution in [-0.4, -0.2) is 28.2 Å². The van der Waals surface area contributed by atoms with Crippen molar-refractivity contribution in [3.8, 4) is 0 Å². The number of benzene rings is 1. The van der Waals surface area contributed by atoms with Gasteiger partial charge in [-0.1, -0.05) is 0 Å². The maximum absolute atomic E-state index is 13.4. The highest BCUT2D eigenvalue weighted by molar-refractivity contribution is 7.89. The molecule has 3 N–H and O–H groups in total. The Kier molecular flexibility index (Phi) is 4.89. The fourth-order valence-electron chi connectivity index (χ4n) is 1.95. The van der Waals surface area contributed by atoms with Crippen LogP contribution in [0.3, 0.4) is 0 Å². The molecule has 0 radical (unpaired) electrons. The minimum absolute atomic E-state index is 0.0225. The zero-order chi connectivity index (χ0) is 14.8. The van der Waals surface area contributed by atoms with Gasteiger partial charge in [0.1, 0.15) is 5.82 Å². The molecule has 0 aliphatic carbocycles. The maximum atomic E-state index is 13.4. The monoisotopic (exact) mass is 290 g/mol. The van der Waals surface area contributed by atoms with E-state index in [9.17, 15) is 12.8 Å². The van der Waals surface area contributed by atoms with Crippen molar-refractivity contribution in [2.75, 3.05) is 19.5 Å². The molecule has 7 heteroatoms. The topological polar surface area (TPSA) is 81.4 Å². The number of anilines is 1. The summed E-state index contributed by atoms with van der Waals surface area (Å²) in [5, 5.41) is 0. The molecule has 1 rings (SSSR count). The first-order valence-electron chi connectivity index (χ1n) is 5.77. The van der Waals surface area contributed by atoms with Gasteiger partial charge in [-0.05, 0) is 38.0 Å². The van der Waals surface area contributed by atoms with Crippen molar-refractivity contribution in [1.82, 2.24) is 4.72 Å². The Morgan fingerprint density at radius 1 is 1.47 bits per heavy atom.